The fourth-order valence-electron chi connectivity index (χ4n) is 1.47. The summed E-state index contributed by atoms with van der Waals surface area (Å²) in [6.45, 7) is 0. The number of nitrogens with one attached hydrogen (secondary N) is 1. The Balaban J connectivity index is 2.64. The Morgan fingerprint density at radius 1 is 1.08 bits per heavy atom. The summed E-state index contributed by atoms with van der Waals surface area (Å²) in [5.74, 6) is 0. The lowest BCUT2D eigenvalue weighted by molar-refractivity contribution is 1.08. The summed E-state index contributed by atoms with van der Waals surface area (Å²) in [5, 5.41) is 8.90. The summed E-state index contributed by atoms with van der Waals surface area (Å²) in [4.78, 5) is 7.28. The third kappa shape index (κ3) is 0.823. The van der Waals surface area contributed by atoms with Crippen LogP contribution in [0.25, 0.3) is 21.9 Å². The second kappa shape index (κ2) is 2.26. The summed E-state index contributed by atoms with van der Waals surface area (Å²) in [7, 11) is 0. The van der Waals surface area contributed by atoms with Crippen molar-refractivity contribution in [1.29, 1.82) is 0 Å². The quantitative estimate of drug-likeness (QED) is 0.556. The van der Waals surface area contributed by atoms with Crippen molar-refractivity contribution in [3.8, 4) is 0 Å². The number of fused-ring (bicyclic) bond motifs is 3. The van der Waals surface area contributed by atoms with E-state index in [1.54, 1.807) is 18.6 Å². The molecule has 4 heteroatoms. The van der Waals surface area contributed by atoms with Crippen molar-refractivity contribution >= 4 is 21.9 Å². The molecule has 0 bridgehead atoms. The van der Waals surface area contributed by atoms with Gasteiger partial charge in [-0.2, -0.15) is 5.10 Å². The second-order valence-corrected chi connectivity index (χ2v) is 2.84. The van der Waals surface area contributed by atoms with Gasteiger partial charge in [0.25, 0.3) is 0 Å². The molecule has 0 saturated carbocycles. The smallest absolute Gasteiger partial charge is 0.120 e. The van der Waals surface area contributed by atoms with Crippen LogP contribution in [-0.4, -0.2) is 20.2 Å². The fraction of sp³-hybridized carbons (Fsp3) is 0. The lowest BCUT2D eigenvalue weighted by atomic mass is 10.3. The van der Waals surface area contributed by atoms with Gasteiger partial charge in [-0.15, -0.1) is 5.10 Å². The van der Waals surface area contributed by atoms with E-state index < -0.39 is 0 Å². The summed E-state index contributed by atoms with van der Waals surface area (Å²) in [6.07, 6.45) is 5.22. The topological polar surface area (TPSA) is 54.5 Å². The third-order valence-corrected chi connectivity index (χ3v) is 2.07. The first-order valence-electron chi connectivity index (χ1n) is 3.98. The van der Waals surface area contributed by atoms with Gasteiger partial charge in [0, 0.05) is 17.8 Å². The highest BCUT2D eigenvalue weighted by molar-refractivity contribution is 6.03. The van der Waals surface area contributed by atoms with Crippen molar-refractivity contribution in [2.45, 2.75) is 0 Å². The summed E-state index contributed by atoms with van der Waals surface area (Å²) in [6, 6.07) is 3.83. The van der Waals surface area contributed by atoms with E-state index in [2.05, 4.69) is 20.2 Å². The average molecular weight is 170 g/mol. The first-order chi connectivity index (χ1) is 6.45. The zero-order valence-electron chi connectivity index (χ0n) is 6.73. The number of pyridine rings is 1. The summed E-state index contributed by atoms with van der Waals surface area (Å²) in [5.41, 5.74) is 2.93. The van der Waals surface area contributed by atoms with Gasteiger partial charge in [0.1, 0.15) is 5.52 Å². The lowest BCUT2D eigenvalue weighted by Crippen LogP contribution is -1.78. The lowest BCUT2D eigenvalue weighted by Gasteiger charge is -1.85. The maximum Gasteiger partial charge on any atom is 0.120 e. The van der Waals surface area contributed by atoms with Crippen LogP contribution in [0.3, 0.4) is 0 Å². The number of hydrogen-bond acceptors (Lipinski definition) is 3. The van der Waals surface area contributed by atoms with Crippen LogP contribution in [0.5, 0.6) is 0 Å². The maximum absolute atomic E-state index is 4.05. The van der Waals surface area contributed by atoms with Crippen LogP contribution >= 0.6 is 0 Å². The molecular weight excluding hydrogens is 164 g/mol. The van der Waals surface area contributed by atoms with E-state index in [0.717, 1.165) is 21.9 Å². The minimum atomic E-state index is 0.880. The van der Waals surface area contributed by atoms with Gasteiger partial charge in [0.15, 0.2) is 0 Å². The molecule has 0 unspecified atom stereocenters. The Labute approximate surface area is 73.6 Å². The number of nitrogens with zero attached hydrogens (tertiary/aromatic N) is 3. The molecule has 0 radical (unpaired) electrons. The highest BCUT2D eigenvalue weighted by atomic mass is 15.1. The van der Waals surface area contributed by atoms with Crippen molar-refractivity contribution in [2.24, 2.45) is 0 Å². The van der Waals surface area contributed by atoms with Crippen LogP contribution in [0.4, 0.5) is 0 Å². The van der Waals surface area contributed by atoms with E-state index in [9.17, 15) is 0 Å². The van der Waals surface area contributed by atoms with E-state index in [-0.39, 0.29) is 0 Å². The van der Waals surface area contributed by atoms with Crippen molar-refractivity contribution in [1.82, 2.24) is 20.2 Å². The number of aromatic nitrogens is 4. The first-order valence-corrected chi connectivity index (χ1v) is 3.98. The Kier molecular flexibility index (Phi) is 1.14. The predicted octanol–water partition coefficient (Wildman–Crippen LogP) is 1.51. The van der Waals surface area contributed by atoms with Gasteiger partial charge in [-0.3, -0.25) is 4.98 Å². The molecule has 0 spiro atoms. The molecule has 4 nitrogen and oxygen atoms in total. The van der Waals surface area contributed by atoms with E-state index in [0.29, 0.717) is 0 Å². The molecule has 0 atom stereocenters. The fourth-order valence-corrected chi connectivity index (χ4v) is 1.47. The third-order valence-electron chi connectivity index (χ3n) is 2.07. The highest BCUT2D eigenvalue weighted by Crippen LogP contribution is 2.20. The molecule has 0 fully saturated rings. The van der Waals surface area contributed by atoms with Gasteiger partial charge in [0.2, 0.25) is 0 Å². The van der Waals surface area contributed by atoms with E-state index in [4.69, 9.17) is 0 Å². The van der Waals surface area contributed by atoms with Gasteiger partial charge in [-0.1, -0.05) is 0 Å². The standard InChI is InChI=1S/C9H6N4/c1-3-10-5-6-7(1)12-8-2-4-11-13-9(6)8/h1-5,12H. The van der Waals surface area contributed by atoms with Gasteiger partial charge >= 0.3 is 0 Å². The Bertz CT molecular complexity index is 519. The molecule has 3 aromatic heterocycles. The zero-order valence-corrected chi connectivity index (χ0v) is 6.73. The highest BCUT2D eigenvalue weighted by Gasteiger charge is 2.03. The predicted molar refractivity (Wildman–Crippen MR) is 49.2 cm³/mol. The zero-order chi connectivity index (χ0) is 8.67. The van der Waals surface area contributed by atoms with Crippen LogP contribution in [0.15, 0.2) is 30.7 Å². The molecule has 0 aromatic carbocycles. The molecule has 0 saturated heterocycles. The normalized spacial score (nSPS) is 11.1. The first kappa shape index (κ1) is 6.54. The summed E-state index contributed by atoms with van der Waals surface area (Å²) < 4.78 is 0. The van der Waals surface area contributed by atoms with Crippen molar-refractivity contribution < 1.29 is 0 Å². The Hall–Kier alpha value is -1.97. The SMILES string of the molecule is c1cc2[nH]c3ccnnc3c2cn1. The molecule has 3 rings (SSSR count). The van der Waals surface area contributed by atoms with Gasteiger partial charge in [-0.25, -0.2) is 0 Å². The van der Waals surface area contributed by atoms with E-state index >= 15 is 0 Å². The van der Waals surface area contributed by atoms with Crippen molar-refractivity contribution in [3.63, 3.8) is 0 Å². The van der Waals surface area contributed by atoms with Gasteiger partial charge < -0.3 is 4.98 Å². The van der Waals surface area contributed by atoms with Crippen LogP contribution in [0, 0.1) is 0 Å². The monoisotopic (exact) mass is 170 g/mol. The second-order valence-electron chi connectivity index (χ2n) is 2.84. The average Bonchev–Trinajstić information content (AvgIpc) is 2.56. The largest absolute Gasteiger partial charge is 0.353 e. The van der Waals surface area contributed by atoms with E-state index in [1.807, 2.05) is 12.1 Å². The molecule has 3 heterocycles. The van der Waals surface area contributed by atoms with Crippen LogP contribution in [0.2, 0.25) is 0 Å². The summed E-state index contributed by atoms with van der Waals surface area (Å²) >= 11 is 0. The Morgan fingerprint density at radius 3 is 3.00 bits per heavy atom. The van der Waals surface area contributed by atoms with Crippen LogP contribution < -0.4 is 0 Å². The minimum absolute atomic E-state index is 0.880. The Morgan fingerprint density at radius 2 is 2.00 bits per heavy atom. The van der Waals surface area contributed by atoms with Crippen molar-refractivity contribution in [2.75, 3.05) is 0 Å². The number of hydrogen-bond donors (Lipinski definition) is 1. The molecule has 0 aliphatic heterocycles. The molecular formula is C9H6N4. The van der Waals surface area contributed by atoms with Gasteiger partial charge in [-0.05, 0) is 12.1 Å². The molecule has 0 aliphatic carbocycles. The maximum atomic E-state index is 4.05. The minimum Gasteiger partial charge on any atom is -0.353 e. The van der Waals surface area contributed by atoms with Gasteiger partial charge in [0.05, 0.1) is 17.2 Å². The molecule has 1 N–H and O–H groups in total. The number of aromatic amines is 1. The molecule has 0 amide bonds. The molecule has 0 aliphatic rings. The molecule has 3 aromatic rings. The van der Waals surface area contributed by atoms with E-state index in [1.165, 1.54) is 0 Å². The molecule has 62 valence electrons. The number of rotatable bonds is 0. The van der Waals surface area contributed by atoms with Crippen LogP contribution in [0.1, 0.15) is 0 Å². The molecule has 13 heavy (non-hydrogen) atoms. The van der Waals surface area contributed by atoms with Crippen LogP contribution in [-0.2, 0) is 0 Å². The number of H-pyrrole nitrogens is 1. The van der Waals surface area contributed by atoms with Crippen molar-refractivity contribution in [3.05, 3.63) is 30.7 Å².